The van der Waals surface area contributed by atoms with Crippen molar-refractivity contribution in [3.8, 4) is 0 Å². The number of amides is 1. The van der Waals surface area contributed by atoms with E-state index in [-0.39, 0.29) is 29.5 Å². The predicted octanol–water partition coefficient (Wildman–Crippen LogP) is 5.09. The van der Waals surface area contributed by atoms with Crippen LogP contribution in [0.25, 0.3) is 10.2 Å². The van der Waals surface area contributed by atoms with Crippen molar-refractivity contribution in [2.75, 3.05) is 11.1 Å². The number of benzene rings is 2. The van der Waals surface area contributed by atoms with Gasteiger partial charge in [-0.3, -0.25) is 19.0 Å². The number of hydrogen-bond acceptors (Lipinski definition) is 6. The molecule has 0 atom stereocenters. The topological polar surface area (TPSA) is 81.1 Å². The molecule has 2 aromatic carbocycles. The number of nitrogens with zero attached hydrogens (tertiary/aromatic N) is 2. The van der Waals surface area contributed by atoms with Crippen molar-refractivity contribution in [1.29, 1.82) is 0 Å². The zero-order valence-electron chi connectivity index (χ0n) is 17.0. The largest absolute Gasteiger partial charge is 0.325 e. The molecule has 1 N–H and O–H groups in total. The van der Waals surface area contributed by atoms with Gasteiger partial charge in [0.25, 0.3) is 5.56 Å². The lowest BCUT2D eigenvalue weighted by molar-refractivity contribution is -0.113. The summed E-state index contributed by atoms with van der Waals surface area (Å²) in [6.07, 6.45) is 0. The second kappa shape index (κ2) is 9.68. The van der Waals surface area contributed by atoms with Crippen molar-refractivity contribution < 1.29 is 9.59 Å². The average Bonchev–Trinajstić information content (AvgIpc) is 3.25. The van der Waals surface area contributed by atoms with Crippen molar-refractivity contribution in [3.05, 3.63) is 86.5 Å². The summed E-state index contributed by atoms with van der Waals surface area (Å²) in [5.74, 6) is -0.290. The van der Waals surface area contributed by atoms with Gasteiger partial charge >= 0.3 is 0 Å². The molecule has 2 aromatic heterocycles. The molecular weight excluding hydrogens is 466 g/mol. The molecule has 0 bridgehead atoms. The van der Waals surface area contributed by atoms with Crippen molar-refractivity contribution >= 4 is 62.3 Å². The van der Waals surface area contributed by atoms with Gasteiger partial charge in [-0.25, -0.2) is 4.98 Å². The van der Waals surface area contributed by atoms with Crippen LogP contribution in [-0.2, 0) is 11.3 Å². The fourth-order valence-electron chi connectivity index (χ4n) is 3.11. The molecule has 0 fully saturated rings. The Morgan fingerprint density at radius 2 is 1.97 bits per heavy atom. The normalized spacial score (nSPS) is 10.9. The maximum atomic E-state index is 13.1. The number of ketones is 1. The van der Waals surface area contributed by atoms with E-state index in [4.69, 9.17) is 11.6 Å². The Morgan fingerprint density at radius 3 is 2.75 bits per heavy atom. The number of nitrogens with one attached hydrogen (secondary N) is 1. The van der Waals surface area contributed by atoms with Crippen LogP contribution in [0.5, 0.6) is 0 Å². The minimum Gasteiger partial charge on any atom is -0.325 e. The molecule has 0 aliphatic carbocycles. The van der Waals surface area contributed by atoms with E-state index >= 15 is 0 Å². The highest BCUT2D eigenvalue weighted by atomic mass is 35.5. The van der Waals surface area contributed by atoms with E-state index in [0.717, 1.165) is 5.56 Å². The molecule has 2 heterocycles. The van der Waals surface area contributed by atoms with E-state index in [0.29, 0.717) is 31.6 Å². The standard InChI is InChI=1S/C23H18ClN3O3S2/c1-14(28)15-6-4-7-17(11-15)25-20(29)13-32-23-26-19-9-10-31-21(19)22(30)27(23)12-16-5-2-3-8-18(16)24/h2-11H,12-13H2,1H3,(H,25,29). The molecule has 0 saturated carbocycles. The molecule has 162 valence electrons. The minimum absolute atomic E-state index is 0.0505. The summed E-state index contributed by atoms with van der Waals surface area (Å²) in [6.45, 7) is 1.73. The summed E-state index contributed by atoms with van der Waals surface area (Å²) < 4.78 is 2.11. The second-order valence-electron chi connectivity index (χ2n) is 6.99. The van der Waals surface area contributed by atoms with Crippen LogP contribution in [0, 0.1) is 0 Å². The maximum Gasteiger partial charge on any atom is 0.272 e. The van der Waals surface area contributed by atoms with Gasteiger partial charge in [0.2, 0.25) is 5.91 Å². The number of hydrogen-bond donors (Lipinski definition) is 1. The number of anilines is 1. The Morgan fingerprint density at radius 1 is 1.16 bits per heavy atom. The van der Waals surface area contributed by atoms with Gasteiger partial charge in [0.15, 0.2) is 10.9 Å². The lowest BCUT2D eigenvalue weighted by Crippen LogP contribution is -2.24. The molecule has 0 saturated heterocycles. The third-order valence-electron chi connectivity index (χ3n) is 4.70. The molecule has 0 aliphatic rings. The summed E-state index contributed by atoms with van der Waals surface area (Å²) in [5.41, 5.74) is 2.29. The monoisotopic (exact) mass is 483 g/mol. The van der Waals surface area contributed by atoms with Crippen molar-refractivity contribution in [2.24, 2.45) is 0 Å². The van der Waals surface area contributed by atoms with Gasteiger partial charge in [-0.2, -0.15) is 0 Å². The van der Waals surface area contributed by atoms with Crippen LogP contribution in [0.4, 0.5) is 5.69 Å². The molecule has 0 radical (unpaired) electrons. The van der Waals surface area contributed by atoms with E-state index < -0.39 is 0 Å². The first-order valence-electron chi connectivity index (χ1n) is 9.67. The van der Waals surface area contributed by atoms with Crippen LogP contribution in [0.15, 0.2) is 69.9 Å². The zero-order chi connectivity index (χ0) is 22.7. The maximum absolute atomic E-state index is 13.1. The minimum atomic E-state index is -0.264. The van der Waals surface area contributed by atoms with Gasteiger partial charge in [-0.05, 0) is 42.1 Å². The number of Topliss-reactive ketones (excluding diaryl/α,β-unsaturated/α-hetero) is 1. The van der Waals surface area contributed by atoms with Gasteiger partial charge in [0.05, 0.1) is 17.8 Å². The Bertz CT molecular complexity index is 1380. The molecule has 0 spiro atoms. The highest BCUT2D eigenvalue weighted by molar-refractivity contribution is 7.99. The van der Waals surface area contributed by atoms with Crippen LogP contribution in [0.1, 0.15) is 22.8 Å². The molecule has 0 unspecified atom stereocenters. The predicted molar refractivity (Wildman–Crippen MR) is 130 cm³/mol. The molecular formula is C23H18ClN3O3S2. The first-order valence-corrected chi connectivity index (χ1v) is 11.9. The van der Waals surface area contributed by atoms with E-state index in [1.54, 1.807) is 41.0 Å². The van der Waals surface area contributed by atoms with Gasteiger partial charge in [0.1, 0.15) is 4.70 Å². The van der Waals surface area contributed by atoms with Crippen LogP contribution >= 0.6 is 34.7 Å². The Balaban J connectivity index is 1.57. The Kier molecular flexibility index (Phi) is 6.74. The van der Waals surface area contributed by atoms with E-state index in [1.165, 1.54) is 30.0 Å². The average molecular weight is 484 g/mol. The van der Waals surface area contributed by atoms with Crippen molar-refractivity contribution in [2.45, 2.75) is 18.6 Å². The van der Waals surface area contributed by atoms with Gasteiger partial charge in [-0.1, -0.05) is 53.7 Å². The Hall–Kier alpha value is -2.94. The summed E-state index contributed by atoms with van der Waals surface area (Å²) >= 11 is 8.81. The van der Waals surface area contributed by atoms with E-state index in [2.05, 4.69) is 10.3 Å². The fourth-order valence-corrected chi connectivity index (χ4v) is 4.89. The highest BCUT2D eigenvalue weighted by Gasteiger charge is 2.16. The number of carbonyl (C=O) groups is 2. The summed E-state index contributed by atoms with van der Waals surface area (Å²) in [4.78, 5) is 41.8. The molecule has 32 heavy (non-hydrogen) atoms. The van der Waals surface area contributed by atoms with Crippen LogP contribution in [0.2, 0.25) is 5.02 Å². The third kappa shape index (κ3) is 4.93. The molecule has 6 nitrogen and oxygen atoms in total. The van der Waals surface area contributed by atoms with E-state index in [9.17, 15) is 14.4 Å². The smallest absolute Gasteiger partial charge is 0.272 e. The first-order chi connectivity index (χ1) is 15.4. The quantitative estimate of drug-likeness (QED) is 0.225. The lowest BCUT2D eigenvalue weighted by atomic mass is 10.1. The second-order valence-corrected chi connectivity index (χ2v) is 9.25. The summed E-state index contributed by atoms with van der Waals surface area (Å²) in [5, 5.41) is 5.61. The number of halogens is 1. The number of rotatable bonds is 7. The van der Waals surface area contributed by atoms with Crippen LogP contribution in [-0.4, -0.2) is 27.0 Å². The van der Waals surface area contributed by atoms with Crippen molar-refractivity contribution in [1.82, 2.24) is 9.55 Å². The van der Waals surface area contributed by atoms with E-state index in [1.807, 2.05) is 23.6 Å². The SMILES string of the molecule is CC(=O)c1cccc(NC(=O)CSc2nc3ccsc3c(=O)n2Cc2ccccc2Cl)c1. The van der Waals surface area contributed by atoms with Gasteiger partial charge in [0, 0.05) is 16.3 Å². The lowest BCUT2D eigenvalue weighted by Gasteiger charge is -2.13. The van der Waals surface area contributed by atoms with Crippen molar-refractivity contribution in [3.63, 3.8) is 0 Å². The zero-order valence-corrected chi connectivity index (χ0v) is 19.4. The van der Waals surface area contributed by atoms with Gasteiger partial charge < -0.3 is 5.32 Å². The van der Waals surface area contributed by atoms with Gasteiger partial charge in [-0.15, -0.1) is 11.3 Å². The number of thioether (sulfide) groups is 1. The first kappa shape index (κ1) is 22.3. The molecule has 4 aromatic rings. The fraction of sp³-hybridized carbons (Fsp3) is 0.130. The summed E-state index contributed by atoms with van der Waals surface area (Å²) in [7, 11) is 0. The molecule has 9 heteroatoms. The molecule has 1 amide bonds. The van der Waals surface area contributed by atoms with Crippen LogP contribution in [0.3, 0.4) is 0 Å². The number of aromatic nitrogens is 2. The highest BCUT2D eigenvalue weighted by Crippen LogP contribution is 2.24. The molecule has 4 rings (SSSR count). The number of thiophene rings is 1. The Labute approximate surface area is 197 Å². The summed E-state index contributed by atoms with van der Waals surface area (Å²) in [6, 6.07) is 15.9. The number of carbonyl (C=O) groups excluding carboxylic acids is 2. The third-order valence-corrected chi connectivity index (χ3v) is 6.94. The molecule has 0 aliphatic heterocycles. The van der Waals surface area contributed by atoms with Crippen LogP contribution < -0.4 is 10.9 Å². The number of fused-ring (bicyclic) bond motifs is 1.